The van der Waals surface area contributed by atoms with Crippen LogP contribution in [0, 0.1) is 0 Å². The first kappa shape index (κ1) is 19.4. The van der Waals surface area contributed by atoms with Crippen LogP contribution < -0.4 is 14.8 Å². The Morgan fingerprint density at radius 1 is 1.11 bits per heavy atom. The number of aromatic nitrogens is 1. The molecule has 1 heterocycles. The molecule has 0 aliphatic carbocycles. The Morgan fingerprint density at radius 2 is 1.81 bits per heavy atom. The topological polar surface area (TPSA) is 60.5 Å². The number of hydrogen-bond donors (Lipinski definition) is 1. The average molecular weight is 476 g/mol. The maximum absolute atomic E-state index is 11.4. The molecule has 3 rings (SSSR count). The molecule has 140 valence electrons. The number of fused-ring (bicyclic) bond motifs is 1. The van der Waals surface area contributed by atoms with Gasteiger partial charge in [-0.15, -0.1) is 0 Å². The van der Waals surface area contributed by atoms with Gasteiger partial charge in [0.25, 0.3) is 0 Å². The second-order valence-electron chi connectivity index (χ2n) is 6.28. The molecule has 27 heavy (non-hydrogen) atoms. The van der Waals surface area contributed by atoms with Crippen molar-refractivity contribution in [2.75, 3.05) is 6.61 Å². The average Bonchev–Trinajstić information content (AvgIpc) is 2.62. The van der Waals surface area contributed by atoms with Crippen LogP contribution in [0.1, 0.15) is 26.3 Å². The molecule has 1 atom stereocenters. The van der Waals surface area contributed by atoms with Crippen LogP contribution in [-0.4, -0.2) is 17.5 Å². The standard InChI is InChI=1S/C21H21IN2O3/c1-4-26-20-10-9-19(13-23-20)27-18-8-6-15-11-17(7-5-16(15)12-18)21(3,22)24-14(2)25/h5-13H,4H2,1-3H3,(H,24,25). The van der Waals surface area contributed by atoms with Crippen LogP contribution in [0.2, 0.25) is 0 Å². The molecule has 5 nitrogen and oxygen atoms in total. The lowest BCUT2D eigenvalue weighted by molar-refractivity contribution is -0.119. The maximum Gasteiger partial charge on any atom is 0.218 e. The highest BCUT2D eigenvalue weighted by Gasteiger charge is 2.23. The zero-order valence-corrected chi connectivity index (χ0v) is 17.6. The summed E-state index contributed by atoms with van der Waals surface area (Å²) in [6.45, 7) is 6.01. The van der Waals surface area contributed by atoms with E-state index >= 15 is 0 Å². The number of carbonyl (C=O) groups is 1. The van der Waals surface area contributed by atoms with E-state index in [-0.39, 0.29) is 5.91 Å². The van der Waals surface area contributed by atoms with E-state index in [0.29, 0.717) is 18.2 Å². The number of halogens is 1. The van der Waals surface area contributed by atoms with Crippen LogP contribution in [0.15, 0.2) is 54.7 Å². The number of nitrogens with one attached hydrogen (secondary N) is 1. The van der Waals surface area contributed by atoms with Gasteiger partial charge in [-0.1, -0.05) is 18.2 Å². The second kappa shape index (κ2) is 8.12. The van der Waals surface area contributed by atoms with Gasteiger partial charge >= 0.3 is 0 Å². The lowest BCUT2D eigenvalue weighted by Crippen LogP contribution is -2.36. The van der Waals surface area contributed by atoms with Gasteiger partial charge in [0, 0.05) is 13.0 Å². The Morgan fingerprint density at radius 3 is 2.48 bits per heavy atom. The summed E-state index contributed by atoms with van der Waals surface area (Å²) in [5.74, 6) is 1.91. The van der Waals surface area contributed by atoms with Crippen LogP contribution >= 0.6 is 22.6 Å². The third-order valence-corrected chi connectivity index (χ3v) is 4.89. The van der Waals surface area contributed by atoms with Crippen LogP contribution in [0.3, 0.4) is 0 Å². The van der Waals surface area contributed by atoms with E-state index in [4.69, 9.17) is 9.47 Å². The van der Waals surface area contributed by atoms with Crippen molar-refractivity contribution in [3.8, 4) is 17.4 Å². The molecular weight excluding hydrogens is 455 g/mol. The molecule has 1 N–H and O–H groups in total. The van der Waals surface area contributed by atoms with Gasteiger partial charge in [0.05, 0.1) is 12.8 Å². The summed E-state index contributed by atoms with van der Waals surface area (Å²) in [5.41, 5.74) is 1.04. The van der Waals surface area contributed by atoms with Crippen molar-refractivity contribution in [1.29, 1.82) is 0 Å². The van der Waals surface area contributed by atoms with E-state index in [2.05, 4.69) is 39.0 Å². The highest BCUT2D eigenvalue weighted by Crippen LogP contribution is 2.32. The summed E-state index contributed by atoms with van der Waals surface area (Å²) in [6, 6.07) is 15.7. The number of alkyl halides is 1. The lowest BCUT2D eigenvalue weighted by atomic mass is 10.0. The van der Waals surface area contributed by atoms with Crippen molar-refractivity contribution in [2.45, 2.75) is 24.3 Å². The molecule has 0 saturated carbocycles. The minimum atomic E-state index is -0.457. The van der Waals surface area contributed by atoms with Gasteiger partial charge in [0.1, 0.15) is 15.0 Å². The molecule has 3 aromatic rings. The van der Waals surface area contributed by atoms with Crippen molar-refractivity contribution in [3.63, 3.8) is 0 Å². The molecule has 1 amide bonds. The van der Waals surface area contributed by atoms with Gasteiger partial charge < -0.3 is 14.8 Å². The van der Waals surface area contributed by atoms with E-state index in [1.807, 2.05) is 50.2 Å². The molecule has 1 unspecified atom stereocenters. The third kappa shape index (κ3) is 4.88. The minimum absolute atomic E-state index is 0.0558. The number of ether oxygens (including phenoxy) is 2. The number of carbonyl (C=O) groups excluding carboxylic acids is 1. The summed E-state index contributed by atoms with van der Waals surface area (Å²) in [7, 11) is 0. The summed E-state index contributed by atoms with van der Waals surface area (Å²) in [6.07, 6.45) is 1.65. The predicted octanol–water partition coefficient (Wildman–Crippen LogP) is 5.17. The number of rotatable bonds is 6. The Hall–Kier alpha value is -2.35. The van der Waals surface area contributed by atoms with Crippen LogP contribution in [-0.2, 0) is 8.34 Å². The van der Waals surface area contributed by atoms with E-state index in [9.17, 15) is 4.79 Å². The number of hydrogen-bond acceptors (Lipinski definition) is 4. The Kier molecular flexibility index (Phi) is 5.84. The Balaban J connectivity index is 1.81. The fraction of sp³-hybridized carbons (Fsp3) is 0.238. The molecule has 6 heteroatoms. The molecule has 0 fully saturated rings. The molecular formula is C21H21IN2O3. The normalized spacial score (nSPS) is 13.0. The zero-order chi connectivity index (χ0) is 19.4. The first-order chi connectivity index (χ1) is 12.9. The van der Waals surface area contributed by atoms with Gasteiger partial charge in [-0.25, -0.2) is 4.98 Å². The quantitative estimate of drug-likeness (QED) is 0.303. The van der Waals surface area contributed by atoms with E-state index in [1.165, 1.54) is 6.92 Å². The predicted molar refractivity (Wildman–Crippen MR) is 115 cm³/mol. The summed E-state index contributed by atoms with van der Waals surface area (Å²) in [5, 5.41) is 5.11. The molecule has 0 bridgehead atoms. The maximum atomic E-state index is 11.4. The van der Waals surface area contributed by atoms with Crippen molar-refractivity contribution < 1.29 is 14.3 Å². The van der Waals surface area contributed by atoms with Gasteiger partial charge in [-0.2, -0.15) is 0 Å². The fourth-order valence-corrected chi connectivity index (χ4v) is 3.49. The number of benzene rings is 2. The first-order valence-electron chi connectivity index (χ1n) is 8.66. The number of nitrogens with zero attached hydrogens (tertiary/aromatic N) is 1. The van der Waals surface area contributed by atoms with Gasteiger partial charge in [-0.3, -0.25) is 4.79 Å². The van der Waals surface area contributed by atoms with Gasteiger partial charge in [0.15, 0.2) is 0 Å². The molecule has 0 saturated heterocycles. The van der Waals surface area contributed by atoms with Crippen molar-refractivity contribution in [1.82, 2.24) is 10.3 Å². The van der Waals surface area contributed by atoms with E-state index < -0.39 is 3.55 Å². The largest absolute Gasteiger partial charge is 0.478 e. The highest BCUT2D eigenvalue weighted by atomic mass is 127. The van der Waals surface area contributed by atoms with E-state index in [1.54, 1.807) is 12.3 Å². The van der Waals surface area contributed by atoms with Gasteiger partial charge in [0.2, 0.25) is 11.8 Å². The van der Waals surface area contributed by atoms with Crippen LogP contribution in [0.25, 0.3) is 10.8 Å². The van der Waals surface area contributed by atoms with E-state index in [0.717, 1.165) is 22.1 Å². The Bertz CT molecular complexity index is 955. The van der Waals surface area contributed by atoms with Crippen molar-refractivity contribution >= 4 is 39.3 Å². The Labute approximate surface area is 172 Å². The fourth-order valence-electron chi connectivity index (χ4n) is 2.78. The number of amides is 1. The summed E-state index contributed by atoms with van der Waals surface area (Å²) < 4.78 is 10.8. The summed E-state index contributed by atoms with van der Waals surface area (Å²) >= 11 is 2.25. The van der Waals surface area contributed by atoms with Crippen LogP contribution in [0.4, 0.5) is 0 Å². The van der Waals surface area contributed by atoms with Crippen molar-refractivity contribution in [2.24, 2.45) is 0 Å². The second-order valence-corrected chi connectivity index (χ2v) is 8.43. The zero-order valence-electron chi connectivity index (χ0n) is 15.5. The third-order valence-electron chi connectivity index (χ3n) is 4.00. The number of pyridine rings is 1. The van der Waals surface area contributed by atoms with Gasteiger partial charge in [-0.05, 0) is 77.0 Å². The van der Waals surface area contributed by atoms with Crippen LogP contribution in [0.5, 0.6) is 17.4 Å². The monoisotopic (exact) mass is 476 g/mol. The molecule has 0 aliphatic heterocycles. The first-order valence-corrected chi connectivity index (χ1v) is 9.74. The molecule has 1 aromatic heterocycles. The van der Waals surface area contributed by atoms with Crippen molar-refractivity contribution in [3.05, 3.63) is 60.3 Å². The molecule has 2 aromatic carbocycles. The lowest BCUT2D eigenvalue weighted by Gasteiger charge is -2.24. The minimum Gasteiger partial charge on any atom is -0.478 e. The highest BCUT2D eigenvalue weighted by molar-refractivity contribution is 14.1. The molecule has 0 spiro atoms. The summed E-state index contributed by atoms with van der Waals surface area (Å²) in [4.78, 5) is 15.6. The molecule has 0 radical (unpaired) electrons. The SMILES string of the molecule is CCOc1ccc(Oc2ccc3cc(C(C)(I)NC(C)=O)ccc3c2)cn1. The molecule has 0 aliphatic rings. The smallest absolute Gasteiger partial charge is 0.218 e.